The van der Waals surface area contributed by atoms with Crippen LogP contribution in [-0.4, -0.2) is 105 Å². The number of aliphatic hydroxyl groups excluding tert-OH is 2. The van der Waals surface area contributed by atoms with Gasteiger partial charge in [0.05, 0.1) is 11.6 Å². The first-order chi connectivity index (χ1) is 21.8. The van der Waals surface area contributed by atoms with Gasteiger partial charge in [-0.1, -0.05) is 32.0 Å². The number of nitrogens with zero attached hydrogens (tertiary/aromatic N) is 2. The molecule has 0 spiro atoms. The molecule has 5 N–H and O–H groups in total. The molecule has 46 heavy (non-hydrogen) atoms. The quantitative estimate of drug-likeness (QED) is 0.260. The van der Waals surface area contributed by atoms with Crippen LogP contribution in [0.5, 0.6) is 5.75 Å². The molecule has 0 aromatic heterocycles. The second-order valence-electron chi connectivity index (χ2n) is 12.5. The smallest absolute Gasteiger partial charge is 0.251 e. The van der Waals surface area contributed by atoms with Crippen LogP contribution in [0.15, 0.2) is 53.3 Å². The molecule has 0 aliphatic heterocycles. The number of aliphatic hydroxyl groups is 3. The van der Waals surface area contributed by atoms with E-state index in [2.05, 4.69) is 24.1 Å². The number of nitrogens with one attached hydrogen (secondary N) is 1. The summed E-state index contributed by atoms with van der Waals surface area (Å²) >= 11 is 0. The second-order valence-corrected chi connectivity index (χ2v) is 12.5. The number of hydrogen-bond donors (Lipinski definition) is 5. The van der Waals surface area contributed by atoms with Crippen molar-refractivity contribution in [3.63, 3.8) is 0 Å². The predicted octanol–water partition coefficient (Wildman–Crippen LogP) is 2.81. The number of rotatable bonds is 9. The summed E-state index contributed by atoms with van der Waals surface area (Å²) in [6.07, 6.45) is 0.185. The van der Waals surface area contributed by atoms with Gasteiger partial charge in [-0.05, 0) is 87.8 Å². The molecule has 2 aromatic carbocycles. The fourth-order valence-corrected chi connectivity index (χ4v) is 7.41. The molecule has 0 saturated heterocycles. The SMILES string of the molecule is CCN(CC)CCNC(=O)c1cccc(-c2ccc(O)c3c2C[C@H]2C[C@H]4[C@@H](N(C)C)C(=O)C(C(C)=O)=C(O)[C@@]4(O)C(=O)C2=C3O)c1. The molecular weight excluding hydrogens is 590 g/mol. The van der Waals surface area contributed by atoms with Gasteiger partial charge in [-0.25, -0.2) is 0 Å². The molecule has 1 amide bonds. The van der Waals surface area contributed by atoms with Crippen molar-refractivity contribution in [2.24, 2.45) is 11.8 Å². The number of Topliss-reactive ketones (excluding diaryl/α,β-unsaturated/α-hetero) is 3. The summed E-state index contributed by atoms with van der Waals surface area (Å²) < 4.78 is 0. The van der Waals surface area contributed by atoms with Crippen molar-refractivity contribution in [1.29, 1.82) is 0 Å². The first kappa shape index (κ1) is 33.1. The minimum Gasteiger partial charge on any atom is -0.508 e. The lowest BCUT2D eigenvalue weighted by Crippen LogP contribution is -2.65. The molecule has 3 aliphatic rings. The van der Waals surface area contributed by atoms with Crippen molar-refractivity contribution >= 4 is 29.0 Å². The molecule has 11 heteroatoms. The summed E-state index contributed by atoms with van der Waals surface area (Å²) in [6.45, 7) is 8.17. The Morgan fingerprint density at radius 1 is 1.04 bits per heavy atom. The standard InChI is InChI=1S/C35H41N3O8/c1-6-38(7-2)14-13-36-34(45)20-10-8-9-19(15-20)22-11-12-25(40)28-23(22)16-21-17-24-29(37(4)5)31(42)26(18(3)39)32(43)35(24,46)33(44)27(21)30(28)41/h8-12,15,21,24,29,40-41,43,46H,6-7,13-14,16-17H2,1-5H3,(H,36,45)/t21-,24-,29+,35+/m0/s1. The van der Waals surface area contributed by atoms with Crippen LogP contribution in [0.2, 0.25) is 0 Å². The monoisotopic (exact) mass is 631 g/mol. The zero-order valence-corrected chi connectivity index (χ0v) is 26.8. The highest BCUT2D eigenvalue weighted by Crippen LogP contribution is 2.53. The normalized spacial score (nSPS) is 24.2. The molecule has 244 valence electrons. The Morgan fingerprint density at radius 3 is 2.37 bits per heavy atom. The molecule has 0 heterocycles. The number of likely N-dealkylation sites (N-methyl/N-ethyl adjacent to an activating group) is 2. The van der Waals surface area contributed by atoms with Crippen LogP contribution in [0, 0.1) is 11.8 Å². The third-order valence-electron chi connectivity index (χ3n) is 9.75. The lowest BCUT2D eigenvalue weighted by molar-refractivity contribution is -0.153. The molecule has 3 aliphatic carbocycles. The van der Waals surface area contributed by atoms with Crippen molar-refractivity contribution in [3.8, 4) is 16.9 Å². The van der Waals surface area contributed by atoms with Crippen LogP contribution in [0.25, 0.3) is 16.9 Å². The molecule has 0 radical (unpaired) electrons. The van der Waals surface area contributed by atoms with Crippen LogP contribution in [0.1, 0.15) is 48.7 Å². The van der Waals surface area contributed by atoms with Gasteiger partial charge in [-0.2, -0.15) is 0 Å². The summed E-state index contributed by atoms with van der Waals surface area (Å²) in [4.78, 5) is 56.7. The lowest BCUT2D eigenvalue weighted by Gasteiger charge is -2.50. The number of carbonyl (C=O) groups excluding carboxylic acids is 4. The van der Waals surface area contributed by atoms with E-state index < -0.39 is 57.9 Å². The van der Waals surface area contributed by atoms with Gasteiger partial charge in [0.1, 0.15) is 22.8 Å². The number of phenols is 1. The summed E-state index contributed by atoms with van der Waals surface area (Å²) in [5.41, 5.74) is -1.16. The summed E-state index contributed by atoms with van der Waals surface area (Å²) in [6, 6.07) is 8.98. The lowest BCUT2D eigenvalue weighted by atomic mass is 9.57. The molecular formula is C35H41N3O8. The Balaban J connectivity index is 1.57. The van der Waals surface area contributed by atoms with E-state index >= 15 is 0 Å². The van der Waals surface area contributed by atoms with Crippen LogP contribution in [0.3, 0.4) is 0 Å². The maximum absolute atomic E-state index is 14.1. The molecule has 11 nitrogen and oxygen atoms in total. The molecule has 1 saturated carbocycles. The number of ketones is 3. The van der Waals surface area contributed by atoms with E-state index in [-0.39, 0.29) is 35.6 Å². The Hall–Kier alpha value is -4.32. The van der Waals surface area contributed by atoms with E-state index in [0.717, 1.165) is 26.6 Å². The zero-order chi connectivity index (χ0) is 33.7. The molecule has 1 fully saturated rings. The van der Waals surface area contributed by atoms with Crippen LogP contribution < -0.4 is 5.32 Å². The van der Waals surface area contributed by atoms with Gasteiger partial charge in [0.2, 0.25) is 5.78 Å². The van der Waals surface area contributed by atoms with Crippen molar-refractivity contribution in [1.82, 2.24) is 15.1 Å². The number of aromatic hydroxyl groups is 1. The van der Waals surface area contributed by atoms with Crippen LogP contribution in [-0.2, 0) is 20.8 Å². The van der Waals surface area contributed by atoms with Crippen molar-refractivity contribution < 1.29 is 39.6 Å². The van der Waals surface area contributed by atoms with E-state index in [9.17, 15) is 39.6 Å². The highest BCUT2D eigenvalue weighted by atomic mass is 16.3. The highest BCUT2D eigenvalue weighted by Gasteiger charge is 2.64. The van der Waals surface area contributed by atoms with Gasteiger partial charge in [0.15, 0.2) is 17.2 Å². The van der Waals surface area contributed by atoms with Crippen LogP contribution >= 0.6 is 0 Å². The third-order valence-corrected chi connectivity index (χ3v) is 9.75. The summed E-state index contributed by atoms with van der Waals surface area (Å²) in [5.74, 6) is -6.35. The third kappa shape index (κ3) is 5.22. The predicted molar refractivity (Wildman–Crippen MR) is 171 cm³/mol. The minimum atomic E-state index is -2.62. The first-order valence-corrected chi connectivity index (χ1v) is 15.6. The molecule has 4 atom stereocenters. The number of phenolic OH excluding ortho intramolecular Hbond substituents is 1. The maximum Gasteiger partial charge on any atom is 0.251 e. The average molecular weight is 632 g/mol. The Kier molecular flexibility index (Phi) is 8.96. The van der Waals surface area contributed by atoms with Crippen molar-refractivity contribution in [2.45, 2.75) is 45.3 Å². The van der Waals surface area contributed by atoms with Gasteiger partial charge in [0.25, 0.3) is 5.91 Å². The Morgan fingerprint density at radius 2 is 1.74 bits per heavy atom. The first-order valence-electron chi connectivity index (χ1n) is 15.6. The van der Waals surface area contributed by atoms with Gasteiger partial charge >= 0.3 is 0 Å². The van der Waals surface area contributed by atoms with Crippen molar-refractivity contribution in [2.75, 3.05) is 40.3 Å². The largest absolute Gasteiger partial charge is 0.508 e. The van der Waals surface area contributed by atoms with E-state index in [1.165, 1.54) is 11.0 Å². The maximum atomic E-state index is 14.1. The van der Waals surface area contributed by atoms with Gasteiger partial charge < -0.3 is 30.6 Å². The zero-order valence-electron chi connectivity index (χ0n) is 26.8. The molecule has 0 unspecified atom stereocenters. The number of carbonyl (C=O) groups is 4. The van der Waals surface area contributed by atoms with E-state index in [4.69, 9.17) is 0 Å². The molecule has 2 aromatic rings. The molecule has 5 rings (SSSR count). The summed E-state index contributed by atoms with van der Waals surface area (Å²) in [5, 5.41) is 48.4. The molecule has 0 bridgehead atoms. The Bertz CT molecular complexity index is 1690. The van der Waals surface area contributed by atoms with Gasteiger partial charge in [0, 0.05) is 30.1 Å². The van der Waals surface area contributed by atoms with Crippen LogP contribution in [0.4, 0.5) is 0 Å². The van der Waals surface area contributed by atoms with E-state index in [1.54, 1.807) is 38.4 Å². The van der Waals surface area contributed by atoms with Gasteiger partial charge in [-0.15, -0.1) is 0 Å². The Labute approximate surface area is 267 Å². The topological polar surface area (TPSA) is 168 Å². The van der Waals surface area contributed by atoms with Crippen molar-refractivity contribution in [3.05, 3.63) is 70.0 Å². The van der Waals surface area contributed by atoms with E-state index in [1.807, 2.05) is 6.07 Å². The fraction of sp³-hybridized carbons (Fsp3) is 0.429. The average Bonchev–Trinajstić information content (AvgIpc) is 3.01. The van der Waals surface area contributed by atoms with E-state index in [0.29, 0.717) is 28.8 Å². The second kappa shape index (κ2) is 12.5. The number of benzene rings is 2. The number of fused-ring (bicyclic) bond motifs is 3. The summed E-state index contributed by atoms with van der Waals surface area (Å²) in [7, 11) is 3.19. The number of hydrogen-bond acceptors (Lipinski definition) is 10. The number of amides is 1. The van der Waals surface area contributed by atoms with Gasteiger partial charge in [-0.3, -0.25) is 24.1 Å². The highest BCUT2D eigenvalue weighted by molar-refractivity contribution is 6.25. The minimum absolute atomic E-state index is 0.0135. The fourth-order valence-electron chi connectivity index (χ4n) is 7.41.